The van der Waals surface area contributed by atoms with Crippen molar-refractivity contribution >= 4 is 29.6 Å². The van der Waals surface area contributed by atoms with Gasteiger partial charge in [-0.1, -0.05) is 42.5 Å². The van der Waals surface area contributed by atoms with Crippen LogP contribution in [0.2, 0.25) is 0 Å². The van der Waals surface area contributed by atoms with Crippen LogP contribution in [0, 0.1) is 0 Å². The number of hydrogen-bond acceptors (Lipinski definition) is 7. The minimum atomic E-state index is -1.40. The molecule has 0 fully saturated rings. The fourth-order valence-corrected chi connectivity index (χ4v) is 3.34. The number of hydrogen-bond donors (Lipinski definition) is 7. The number of phenols is 1. The van der Waals surface area contributed by atoms with Crippen molar-refractivity contribution in [1.82, 2.24) is 16.0 Å². The van der Waals surface area contributed by atoms with Crippen LogP contribution in [-0.4, -0.2) is 64.5 Å². The van der Waals surface area contributed by atoms with Gasteiger partial charge >= 0.3 is 5.97 Å². The van der Waals surface area contributed by atoms with Gasteiger partial charge in [0, 0.05) is 12.8 Å². The van der Waals surface area contributed by atoms with Gasteiger partial charge < -0.3 is 37.6 Å². The van der Waals surface area contributed by atoms with Crippen molar-refractivity contribution < 1.29 is 34.2 Å². The van der Waals surface area contributed by atoms with Gasteiger partial charge in [-0.15, -0.1) is 0 Å². The molecule has 2 rings (SSSR count). The molecule has 0 aliphatic rings. The zero-order valence-corrected chi connectivity index (χ0v) is 19.3. The molecule has 2 aromatic carbocycles. The van der Waals surface area contributed by atoms with Crippen LogP contribution in [-0.2, 0) is 36.8 Å². The second kappa shape index (κ2) is 13.4. The maximum absolute atomic E-state index is 13.1. The van der Waals surface area contributed by atoms with Crippen molar-refractivity contribution in [3.05, 3.63) is 65.7 Å². The number of nitrogens with one attached hydrogen (secondary N) is 3. The maximum Gasteiger partial charge on any atom is 0.326 e. The lowest BCUT2D eigenvalue weighted by atomic mass is 10.0. The first-order chi connectivity index (χ1) is 17.1. The predicted octanol–water partition coefficient (Wildman–Crippen LogP) is -1.45. The zero-order chi connectivity index (χ0) is 26.7. The van der Waals surface area contributed by atoms with E-state index in [1.54, 1.807) is 30.3 Å². The van der Waals surface area contributed by atoms with Crippen molar-refractivity contribution in [3.63, 3.8) is 0 Å². The summed E-state index contributed by atoms with van der Waals surface area (Å²) in [6, 6.07) is 10.5. The number of phenolic OH excluding ortho intramolecular Hbond substituents is 1. The van der Waals surface area contributed by atoms with E-state index in [0.717, 1.165) is 0 Å². The summed E-state index contributed by atoms with van der Waals surface area (Å²) in [4.78, 5) is 61.0. The number of carbonyl (C=O) groups excluding carboxylic acids is 4. The van der Waals surface area contributed by atoms with Crippen molar-refractivity contribution in [2.75, 3.05) is 6.54 Å². The first kappa shape index (κ1) is 27.8. The van der Waals surface area contributed by atoms with E-state index in [4.69, 9.17) is 11.5 Å². The lowest BCUT2D eigenvalue weighted by Crippen LogP contribution is -2.57. The Kier molecular flexibility index (Phi) is 10.4. The third kappa shape index (κ3) is 9.06. The molecule has 3 atom stereocenters. The van der Waals surface area contributed by atoms with E-state index in [1.165, 1.54) is 24.3 Å². The second-order valence-corrected chi connectivity index (χ2v) is 8.02. The number of carboxylic acids is 1. The molecule has 0 aliphatic heterocycles. The molecule has 0 aromatic heterocycles. The number of carbonyl (C=O) groups is 5. The Hall–Kier alpha value is -4.45. The first-order valence-corrected chi connectivity index (χ1v) is 11.0. The molecule has 0 bridgehead atoms. The third-order valence-corrected chi connectivity index (χ3v) is 5.15. The molecule has 192 valence electrons. The van der Waals surface area contributed by atoms with Gasteiger partial charge in [-0.05, 0) is 23.3 Å². The number of amides is 4. The second-order valence-electron chi connectivity index (χ2n) is 8.02. The minimum absolute atomic E-state index is 0.00134. The van der Waals surface area contributed by atoms with Crippen molar-refractivity contribution in [2.45, 2.75) is 37.4 Å². The van der Waals surface area contributed by atoms with Crippen LogP contribution >= 0.6 is 0 Å². The number of rotatable bonds is 13. The predicted molar refractivity (Wildman–Crippen MR) is 128 cm³/mol. The van der Waals surface area contributed by atoms with Gasteiger partial charge in [-0.25, -0.2) is 4.79 Å². The highest BCUT2D eigenvalue weighted by atomic mass is 16.4. The quantitative estimate of drug-likeness (QED) is 0.173. The number of aliphatic carboxylic acids is 1. The number of nitrogens with two attached hydrogens (primary N) is 2. The minimum Gasteiger partial charge on any atom is -0.508 e. The summed E-state index contributed by atoms with van der Waals surface area (Å²) in [5.41, 5.74) is 11.7. The summed E-state index contributed by atoms with van der Waals surface area (Å²) in [6.45, 7) is -0.445. The highest BCUT2D eigenvalue weighted by Gasteiger charge is 2.30. The summed E-state index contributed by atoms with van der Waals surface area (Å²) in [6.07, 6.45) is -0.626. The van der Waals surface area contributed by atoms with Gasteiger partial charge in [0.1, 0.15) is 23.9 Å². The summed E-state index contributed by atoms with van der Waals surface area (Å²) in [7, 11) is 0. The van der Waals surface area contributed by atoms with Gasteiger partial charge in [-0.2, -0.15) is 0 Å². The molecule has 0 heterocycles. The van der Waals surface area contributed by atoms with Crippen LogP contribution in [0.15, 0.2) is 54.6 Å². The highest BCUT2D eigenvalue weighted by Crippen LogP contribution is 2.12. The Bertz CT molecular complexity index is 1080. The molecule has 3 unspecified atom stereocenters. The molecule has 0 aliphatic carbocycles. The molecule has 12 heteroatoms. The Balaban J connectivity index is 2.26. The lowest BCUT2D eigenvalue weighted by Gasteiger charge is -2.24. The van der Waals surface area contributed by atoms with Gasteiger partial charge in [0.25, 0.3) is 0 Å². The zero-order valence-electron chi connectivity index (χ0n) is 19.3. The summed E-state index contributed by atoms with van der Waals surface area (Å²) in [5.74, 6) is -4.56. The topological polar surface area (TPSA) is 214 Å². The number of aromatic hydroxyl groups is 1. The van der Waals surface area contributed by atoms with E-state index in [2.05, 4.69) is 16.0 Å². The van der Waals surface area contributed by atoms with Crippen molar-refractivity contribution in [1.29, 1.82) is 0 Å². The monoisotopic (exact) mass is 499 g/mol. The lowest BCUT2D eigenvalue weighted by molar-refractivity contribution is -0.142. The van der Waals surface area contributed by atoms with Crippen LogP contribution in [0.1, 0.15) is 17.5 Å². The summed E-state index contributed by atoms with van der Waals surface area (Å²) in [5, 5.41) is 26.3. The molecule has 36 heavy (non-hydrogen) atoms. The van der Waals surface area contributed by atoms with E-state index in [-0.39, 0.29) is 18.6 Å². The Morgan fingerprint density at radius 1 is 0.750 bits per heavy atom. The Labute approximate surface area is 207 Å². The van der Waals surface area contributed by atoms with Gasteiger partial charge in [0.15, 0.2) is 0 Å². The average Bonchev–Trinajstić information content (AvgIpc) is 2.84. The maximum atomic E-state index is 13.1. The SMILES string of the molecule is NCC(=O)NC(CC(N)=O)C(=O)NC(Cc1ccc(O)cc1)C(=O)NC(Cc1ccccc1)C(=O)O. The standard InChI is InChI=1S/C24H29N5O7/c25-13-21(32)27-18(12-20(26)31)23(34)28-17(10-15-6-8-16(30)9-7-15)22(33)29-19(24(35)36)11-14-4-2-1-3-5-14/h1-9,17-19,30H,10-13,25H2,(H2,26,31)(H,27,32)(H,28,34)(H,29,33)(H,35,36). The number of primary amides is 1. The van der Waals surface area contributed by atoms with Crippen molar-refractivity contribution in [3.8, 4) is 5.75 Å². The fourth-order valence-electron chi connectivity index (χ4n) is 3.34. The van der Waals surface area contributed by atoms with E-state index >= 15 is 0 Å². The van der Waals surface area contributed by atoms with E-state index in [1.807, 2.05) is 0 Å². The number of carboxylic acid groups (broad SMARTS) is 1. The van der Waals surface area contributed by atoms with Crippen LogP contribution in [0.25, 0.3) is 0 Å². The summed E-state index contributed by atoms with van der Waals surface area (Å²) >= 11 is 0. The first-order valence-electron chi connectivity index (χ1n) is 11.0. The van der Waals surface area contributed by atoms with Gasteiger partial charge in [-0.3, -0.25) is 19.2 Å². The molecular formula is C24H29N5O7. The smallest absolute Gasteiger partial charge is 0.326 e. The van der Waals surface area contributed by atoms with Gasteiger partial charge in [0.2, 0.25) is 23.6 Å². The van der Waals surface area contributed by atoms with Crippen molar-refractivity contribution in [2.24, 2.45) is 11.5 Å². The molecule has 9 N–H and O–H groups in total. The van der Waals surface area contributed by atoms with Crippen LogP contribution in [0.3, 0.4) is 0 Å². The normalized spacial score (nSPS) is 13.0. The molecule has 4 amide bonds. The molecule has 0 saturated heterocycles. The highest BCUT2D eigenvalue weighted by molar-refractivity contribution is 5.95. The molecule has 12 nitrogen and oxygen atoms in total. The van der Waals surface area contributed by atoms with Crippen LogP contribution in [0.4, 0.5) is 0 Å². The van der Waals surface area contributed by atoms with E-state index in [9.17, 15) is 34.2 Å². The van der Waals surface area contributed by atoms with E-state index in [0.29, 0.717) is 11.1 Å². The van der Waals surface area contributed by atoms with Gasteiger partial charge in [0.05, 0.1) is 13.0 Å². The molecule has 0 spiro atoms. The van der Waals surface area contributed by atoms with Crippen LogP contribution in [0.5, 0.6) is 5.75 Å². The largest absolute Gasteiger partial charge is 0.508 e. The molecule has 0 radical (unpaired) electrons. The average molecular weight is 500 g/mol. The molecule has 0 saturated carbocycles. The fraction of sp³-hybridized carbons (Fsp3) is 0.292. The Morgan fingerprint density at radius 3 is 1.83 bits per heavy atom. The Morgan fingerprint density at radius 2 is 1.28 bits per heavy atom. The van der Waals surface area contributed by atoms with Crippen LogP contribution < -0.4 is 27.4 Å². The molecule has 2 aromatic rings. The summed E-state index contributed by atoms with van der Waals surface area (Å²) < 4.78 is 0. The third-order valence-electron chi connectivity index (χ3n) is 5.15. The number of benzene rings is 2. The van der Waals surface area contributed by atoms with E-state index < -0.39 is 60.7 Å². The molecular weight excluding hydrogens is 470 g/mol.